The minimum Gasteiger partial charge on any atom is -0.465 e. The summed E-state index contributed by atoms with van der Waals surface area (Å²) >= 11 is 1.33. The van der Waals surface area contributed by atoms with Crippen LogP contribution in [-0.4, -0.2) is 19.0 Å². The summed E-state index contributed by atoms with van der Waals surface area (Å²) in [6.45, 7) is 0. The second kappa shape index (κ2) is 4.02. The van der Waals surface area contributed by atoms with Crippen molar-refractivity contribution in [3.05, 3.63) is 17.0 Å². The molecule has 1 N–H and O–H groups in total. The van der Waals surface area contributed by atoms with Gasteiger partial charge in [-0.3, -0.25) is 4.79 Å². The number of ether oxygens (including phenoxy) is 1. The highest BCUT2D eigenvalue weighted by atomic mass is 32.1. The van der Waals surface area contributed by atoms with E-state index in [0.717, 1.165) is 12.8 Å². The fraction of sp³-hybridized carbons (Fsp3) is 0.400. The number of rotatable bonds is 3. The fourth-order valence-electron chi connectivity index (χ4n) is 1.20. The summed E-state index contributed by atoms with van der Waals surface area (Å²) in [4.78, 5) is 22.5. The molecule has 0 saturated heterocycles. The number of carbonyl (C=O) groups is 2. The Hall–Kier alpha value is -1.36. The number of esters is 1. The van der Waals surface area contributed by atoms with Gasteiger partial charge in [0, 0.05) is 11.3 Å². The zero-order valence-corrected chi connectivity index (χ0v) is 9.10. The summed E-state index contributed by atoms with van der Waals surface area (Å²) in [6, 6.07) is 1.64. The molecule has 15 heavy (non-hydrogen) atoms. The van der Waals surface area contributed by atoms with Crippen molar-refractivity contribution in [2.75, 3.05) is 12.4 Å². The fourth-order valence-corrected chi connectivity index (χ4v) is 1.97. The van der Waals surface area contributed by atoms with E-state index in [1.807, 2.05) is 0 Å². The number of hydrogen-bond donors (Lipinski definition) is 1. The number of hydrogen-bond acceptors (Lipinski definition) is 4. The second-order valence-electron chi connectivity index (χ2n) is 3.45. The third-order valence-corrected chi connectivity index (χ3v) is 3.06. The Labute approximate surface area is 91.2 Å². The largest absolute Gasteiger partial charge is 0.465 e. The Morgan fingerprint density at radius 2 is 2.27 bits per heavy atom. The molecule has 0 aromatic carbocycles. The molecule has 1 heterocycles. The number of nitrogens with one attached hydrogen (secondary N) is 1. The smallest absolute Gasteiger partial charge is 0.338 e. The normalized spacial score (nSPS) is 14.7. The van der Waals surface area contributed by atoms with Crippen molar-refractivity contribution < 1.29 is 14.3 Å². The van der Waals surface area contributed by atoms with Gasteiger partial charge >= 0.3 is 5.97 Å². The van der Waals surface area contributed by atoms with Crippen LogP contribution in [-0.2, 0) is 9.53 Å². The molecule has 1 aromatic rings. The van der Waals surface area contributed by atoms with Crippen LogP contribution in [0.1, 0.15) is 23.2 Å². The zero-order valence-electron chi connectivity index (χ0n) is 8.28. The Balaban J connectivity index is 2.00. The van der Waals surface area contributed by atoms with Gasteiger partial charge in [-0.1, -0.05) is 0 Å². The van der Waals surface area contributed by atoms with Gasteiger partial charge in [0.15, 0.2) is 0 Å². The van der Waals surface area contributed by atoms with Gasteiger partial charge in [-0.25, -0.2) is 4.79 Å². The van der Waals surface area contributed by atoms with E-state index in [2.05, 4.69) is 10.1 Å². The summed E-state index contributed by atoms with van der Waals surface area (Å²) in [5.41, 5.74) is 0.480. The van der Waals surface area contributed by atoms with Crippen molar-refractivity contribution in [3.63, 3.8) is 0 Å². The lowest BCUT2D eigenvalue weighted by molar-refractivity contribution is -0.117. The lowest BCUT2D eigenvalue weighted by Crippen LogP contribution is -2.12. The zero-order chi connectivity index (χ0) is 10.8. The Morgan fingerprint density at radius 3 is 2.87 bits per heavy atom. The molecule has 1 fully saturated rings. The SMILES string of the molecule is COC(=O)c1csc(NC(=O)C2CC2)c1. The van der Waals surface area contributed by atoms with Crippen molar-refractivity contribution in [2.45, 2.75) is 12.8 Å². The average Bonchev–Trinajstić information content (AvgIpc) is 2.99. The van der Waals surface area contributed by atoms with E-state index in [4.69, 9.17) is 0 Å². The highest BCUT2D eigenvalue weighted by Gasteiger charge is 2.29. The van der Waals surface area contributed by atoms with E-state index in [0.29, 0.717) is 10.6 Å². The van der Waals surface area contributed by atoms with Crippen LogP contribution >= 0.6 is 11.3 Å². The topological polar surface area (TPSA) is 55.4 Å². The third-order valence-electron chi connectivity index (χ3n) is 2.22. The van der Waals surface area contributed by atoms with Gasteiger partial charge in [-0.2, -0.15) is 0 Å². The number of anilines is 1. The van der Waals surface area contributed by atoms with Gasteiger partial charge < -0.3 is 10.1 Å². The molecule has 0 spiro atoms. The first-order chi connectivity index (χ1) is 7.20. The maximum atomic E-state index is 11.4. The third kappa shape index (κ3) is 2.36. The molecule has 1 aliphatic rings. The lowest BCUT2D eigenvalue weighted by Gasteiger charge is -1.98. The van der Waals surface area contributed by atoms with Crippen LogP contribution in [0.15, 0.2) is 11.4 Å². The molecule has 1 saturated carbocycles. The maximum Gasteiger partial charge on any atom is 0.338 e. The Morgan fingerprint density at radius 1 is 1.53 bits per heavy atom. The summed E-state index contributed by atoms with van der Waals surface area (Å²) in [5, 5.41) is 5.15. The van der Waals surface area contributed by atoms with E-state index in [9.17, 15) is 9.59 Å². The molecule has 2 rings (SSSR count). The molecule has 1 aliphatic carbocycles. The first-order valence-corrected chi connectivity index (χ1v) is 5.56. The molecule has 5 heteroatoms. The Kier molecular flexibility index (Phi) is 2.73. The number of amides is 1. The molecule has 0 unspecified atom stereocenters. The molecule has 0 atom stereocenters. The van der Waals surface area contributed by atoms with Gasteiger partial charge in [0.2, 0.25) is 5.91 Å². The van der Waals surface area contributed by atoms with Crippen LogP contribution < -0.4 is 5.32 Å². The molecule has 80 valence electrons. The van der Waals surface area contributed by atoms with Crippen LogP contribution in [0.2, 0.25) is 0 Å². The summed E-state index contributed by atoms with van der Waals surface area (Å²) in [6.07, 6.45) is 1.95. The Bertz CT molecular complexity index is 395. The van der Waals surface area contributed by atoms with Gasteiger partial charge in [-0.05, 0) is 18.9 Å². The molecule has 0 radical (unpaired) electrons. The summed E-state index contributed by atoms with van der Waals surface area (Å²) in [5.74, 6) is -0.153. The predicted molar refractivity (Wildman–Crippen MR) is 57.0 cm³/mol. The first-order valence-electron chi connectivity index (χ1n) is 4.68. The van der Waals surface area contributed by atoms with Gasteiger partial charge in [0.1, 0.15) is 0 Å². The molecule has 0 aliphatic heterocycles. The quantitative estimate of drug-likeness (QED) is 0.799. The maximum absolute atomic E-state index is 11.4. The van der Waals surface area contributed by atoms with Crippen molar-refractivity contribution in [2.24, 2.45) is 5.92 Å². The van der Waals surface area contributed by atoms with E-state index in [-0.39, 0.29) is 17.8 Å². The van der Waals surface area contributed by atoms with Gasteiger partial charge in [0.25, 0.3) is 0 Å². The van der Waals surface area contributed by atoms with Crippen molar-refractivity contribution in [1.82, 2.24) is 0 Å². The highest BCUT2D eigenvalue weighted by molar-refractivity contribution is 7.14. The van der Waals surface area contributed by atoms with Crippen molar-refractivity contribution in [3.8, 4) is 0 Å². The van der Waals surface area contributed by atoms with Crippen LogP contribution in [0.25, 0.3) is 0 Å². The van der Waals surface area contributed by atoms with Gasteiger partial charge in [0.05, 0.1) is 17.7 Å². The molecule has 1 aromatic heterocycles. The van der Waals surface area contributed by atoms with Crippen molar-refractivity contribution in [1.29, 1.82) is 0 Å². The minimum absolute atomic E-state index is 0.0493. The van der Waals surface area contributed by atoms with Gasteiger partial charge in [-0.15, -0.1) is 11.3 Å². The average molecular weight is 225 g/mol. The van der Waals surface area contributed by atoms with E-state index >= 15 is 0 Å². The molecule has 1 amide bonds. The summed E-state index contributed by atoms with van der Waals surface area (Å²) in [7, 11) is 1.34. The lowest BCUT2D eigenvalue weighted by atomic mass is 10.3. The van der Waals surface area contributed by atoms with Crippen LogP contribution in [0.3, 0.4) is 0 Å². The molecule has 0 bridgehead atoms. The second-order valence-corrected chi connectivity index (χ2v) is 4.37. The van der Waals surface area contributed by atoms with Crippen LogP contribution in [0.4, 0.5) is 5.00 Å². The van der Waals surface area contributed by atoms with Crippen LogP contribution in [0.5, 0.6) is 0 Å². The van der Waals surface area contributed by atoms with Crippen molar-refractivity contribution >= 4 is 28.2 Å². The number of methoxy groups -OCH3 is 1. The molecule has 4 nitrogen and oxygen atoms in total. The van der Waals surface area contributed by atoms with E-state index in [1.54, 1.807) is 11.4 Å². The molecular formula is C10H11NO3S. The van der Waals surface area contributed by atoms with E-state index in [1.165, 1.54) is 18.4 Å². The molecular weight excluding hydrogens is 214 g/mol. The predicted octanol–water partition coefficient (Wildman–Crippen LogP) is 1.88. The highest BCUT2D eigenvalue weighted by Crippen LogP contribution is 2.31. The van der Waals surface area contributed by atoms with E-state index < -0.39 is 0 Å². The van der Waals surface area contributed by atoms with Crippen LogP contribution in [0, 0.1) is 5.92 Å². The number of thiophene rings is 1. The minimum atomic E-state index is -0.377. The summed E-state index contributed by atoms with van der Waals surface area (Å²) < 4.78 is 4.57. The standard InChI is InChI=1S/C10H11NO3S/c1-14-10(13)7-4-8(15-5-7)11-9(12)6-2-3-6/h4-6H,2-3H2,1H3,(H,11,12). The first kappa shape index (κ1) is 10.2. The monoisotopic (exact) mass is 225 g/mol. The number of carbonyl (C=O) groups excluding carboxylic acids is 2.